The Morgan fingerprint density at radius 2 is 1.68 bits per heavy atom. The van der Waals surface area contributed by atoms with Crippen molar-refractivity contribution in [1.29, 1.82) is 0 Å². The summed E-state index contributed by atoms with van der Waals surface area (Å²) in [6.45, 7) is 0.277. The van der Waals surface area contributed by atoms with Crippen LogP contribution in [0.15, 0.2) is 48.5 Å². The minimum atomic E-state index is -4.37. The zero-order valence-corrected chi connectivity index (χ0v) is 12.2. The number of hydrogen-bond acceptors (Lipinski definition) is 1. The molecule has 0 bridgehead atoms. The van der Waals surface area contributed by atoms with E-state index in [1.165, 1.54) is 12.1 Å². The van der Waals surface area contributed by atoms with E-state index >= 15 is 0 Å². The number of nitrogens with one attached hydrogen (secondary N) is 1. The van der Waals surface area contributed by atoms with Gasteiger partial charge in [0.1, 0.15) is 0 Å². The zero-order chi connectivity index (χ0) is 16.2. The second-order valence-electron chi connectivity index (χ2n) is 4.74. The van der Waals surface area contributed by atoms with Crippen molar-refractivity contribution in [3.8, 4) is 0 Å². The molecule has 6 heteroatoms. The van der Waals surface area contributed by atoms with Crippen molar-refractivity contribution in [2.45, 2.75) is 19.1 Å². The maximum atomic E-state index is 12.4. The van der Waals surface area contributed by atoms with Crippen LogP contribution >= 0.6 is 11.6 Å². The topological polar surface area (TPSA) is 29.1 Å². The molecular formula is C16H13ClF3NO. The van der Waals surface area contributed by atoms with Crippen molar-refractivity contribution in [3.63, 3.8) is 0 Å². The van der Waals surface area contributed by atoms with E-state index in [0.717, 1.165) is 17.7 Å². The summed E-state index contributed by atoms with van der Waals surface area (Å²) in [5.41, 5.74) is 0.572. The third-order valence-electron chi connectivity index (χ3n) is 3.08. The first-order chi connectivity index (χ1) is 10.4. The summed E-state index contributed by atoms with van der Waals surface area (Å²) < 4.78 is 37.3. The van der Waals surface area contributed by atoms with Crippen LogP contribution in [0.3, 0.4) is 0 Å². The largest absolute Gasteiger partial charge is 0.416 e. The van der Waals surface area contributed by atoms with Crippen LogP contribution in [0, 0.1) is 0 Å². The van der Waals surface area contributed by atoms with Gasteiger partial charge in [-0.3, -0.25) is 4.79 Å². The molecule has 2 aromatic carbocycles. The number of benzene rings is 2. The summed E-state index contributed by atoms with van der Waals surface area (Å²) >= 11 is 5.97. The molecule has 0 radical (unpaired) electrons. The van der Waals surface area contributed by atoms with Gasteiger partial charge in [-0.25, -0.2) is 0 Å². The lowest BCUT2D eigenvalue weighted by molar-refractivity contribution is -0.137. The molecule has 22 heavy (non-hydrogen) atoms. The van der Waals surface area contributed by atoms with Crippen molar-refractivity contribution < 1.29 is 18.0 Å². The minimum Gasteiger partial charge on any atom is -0.352 e. The van der Waals surface area contributed by atoms with Crippen molar-refractivity contribution in [2.24, 2.45) is 0 Å². The number of carbonyl (C=O) groups is 1. The molecule has 0 saturated carbocycles. The normalized spacial score (nSPS) is 11.3. The summed E-state index contributed by atoms with van der Waals surface area (Å²) in [5, 5.41) is 3.24. The molecule has 2 nitrogen and oxygen atoms in total. The van der Waals surface area contributed by atoms with Gasteiger partial charge in [0.15, 0.2) is 0 Å². The molecule has 0 saturated heterocycles. The fourth-order valence-corrected chi connectivity index (χ4v) is 2.10. The molecule has 0 spiro atoms. The molecule has 0 fully saturated rings. The van der Waals surface area contributed by atoms with Gasteiger partial charge in [0, 0.05) is 11.6 Å². The molecule has 0 unspecified atom stereocenters. The first-order valence-electron chi connectivity index (χ1n) is 6.52. The van der Waals surface area contributed by atoms with Gasteiger partial charge in [0.25, 0.3) is 0 Å². The van der Waals surface area contributed by atoms with Crippen molar-refractivity contribution in [1.82, 2.24) is 5.32 Å². The monoisotopic (exact) mass is 327 g/mol. The third-order valence-corrected chi connectivity index (χ3v) is 3.45. The zero-order valence-electron chi connectivity index (χ0n) is 11.5. The number of halogens is 4. The van der Waals surface area contributed by atoms with E-state index in [1.54, 1.807) is 18.2 Å². The smallest absolute Gasteiger partial charge is 0.352 e. The molecule has 0 atom stereocenters. The van der Waals surface area contributed by atoms with Crippen LogP contribution in [-0.2, 0) is 23.9 Å². The molecule has 0 aliphatic carbocycles. The van der Waals surface area contributed by atoms with Gasteiger partial charge in [-0.15, -0.1) is 0 Å². The van der Waals surface area contributed by atoms with Gasteiger partial charge in [-0.2, -0.15) is 13.2 Å². The second-order valence-corrected chi connectivity index (χ2v) is 5.15. The Balaban J connectivity index is 1.91. The lowest BCUT2D eigenvalue weighted by atomic mass is 10.1. The van der Waals surface area contributed by atoms with Crippen LogP contribution in [-0.4, -0.2) is 5.91 Å². The van der Waals surface area contributed by atoms with Crippen LogP contribution in [0.1, 0.15) is 16.7 Å². The SMILES string of the molecule is O=C(Cc1ccc(C(F)(F)F)cc1)NCc1ccccc1Cl. The van der Waals surface area contributed by atoms with Gasteiger partial charge in [0.2, 0.25) is 5.91 Å². The summed E-state index contributed by atoms with van der Waals surface area (Å²) in [4.78, 5) is 11.8. The van der Waals surface area contributed by atoms with Gasteiger partial charge in [-0.1, -0.05) is 41.9 Å². The lowest BCUT2D eigenvalue weighted by Gasteiger charge is -2.09. The molecular weight excluding hydrogens is 315 g/mol. The van der Waals surface area contributed by atoms with Crippen molar-refractivity contribution in [2.75, 3.05) is 0 Å². The van der Waals surface area contributed by atoms with Crippen molar-refractivity contribution >= 4 is 17.5 Å². The van der Waals surface area contributed by atoms with Crippen LogP contribution in [0.25, 0.3) is 0 Å². The molecule has 116 valence electrons. The maximum absolute atomic E-state index is 12.4. The number of amides is 1. The predicted molar refractivity (Wildman–Crippen MR) is 78.4 cm³/mol. The summed E-state index contributed by atoms with van der Waals surface area (Å²) in [6.07, 6.45) is -4.35. The molecule has 1 N–H and O–H groups in total. The Bertz CT molecular complexity index is 653. The van der Waals surface area contributed by atoms with Gasteiger partial charge < -0.3 is 5.32 Å². The fraction of sp³-hybridized carbons (Fsp3) is 0.188. The molecule has 0 aliphatic heterocycles. The molecule has 1 amide bonds. The Hall–Kier alpha value is -2.01. The Morgan fingerprint density at radius 3 is 2.27 bits per heavy atom. The highest BCUT2D eigenvalue weighted by Crippen LogP contribution is 2.29. The third kappa shape index (κ3) is 4.49. The van der Waals surface area contributed by atoms with Crippen LogP contribution < -0.4 is 5.32 Å². The molecule has 2 aromatic rings. The van der Waals surface area contributed by atoms with Crippen LogP contribution in [0.2, 0.25) is 5.02 Å². The van der Waals surface area contributed by atoms with Crippen LogP contribution in [0.5, 0.6) is 0 Å². The van der Waals surface area contributed by atoms with Crippen LogP contribution in [0.4, 0.5) is 13.2 Å². The van der Waals surface area contributed by atoms with Gasteiger partial charge in [0.05, 0.1) is 12.0 Å². The number of hydrogen-bond donors (Lipinski definition) is 1. The average Bonchev–Trinajstić information content (AvgIpc) is 2.46. The molecule has 0 aliphatic rings. The first kappa shape index (κ1) is 16.4. The standard InChI is InChI=1S/C16H13ClF3NO/c17-14-4-2-1-3-12(14)10-21-15(22)9-11-5-7-13(8-6-11)16(18,19)20/h1-8H,9-10H2,(H,21,22). The summed E-state index contributed by atoms with van der Waals surface area (Å²) in [7, 11) is 0. The Kier molecular flexibility index (Phi) is 5.08. The first-order valence-corrected chi connectivity index (χ1v) is 6.90. The number of rotatable bonds is 4. The summed E-state index contributed by atoms with van der Waals surface area (Å²) in [6, 6.07) is 11.7. The Morgan fingerprint density at radius 1 is 1.05 bits per heavy atom. The van der Waals surface area contributed by atoms with E-state index in [0.29, 0.717) is 10.6 Å². The van der Waals surface area contributed by atoms with Crippen molar-refractivity contribution in [3.05, 3.63) is 70.2 Å². The quantitative estimate of drug-likeness (QED) is 0.895. The van der Waals surface area contributed by atoms with Gasteiger partial charge >= 0.3 is 6.18 Å². The molecule has 0 aromatic heterocycles. The number of alkyl halides is 3. The lowest BCUT2D eigenvalue weighted by Crippen LogP contribution is -2.24. The number of carbonyl (C=O) groups excluding carboxylic acids is 1. The molecule has 2 rings (SSSR count). The summed E-state index contributed by atoms with van der Waals surface area (Å²) in [5.74, 6) is -0.278. The van der Waals surface area contributed by atoms with E-state index in [9.17, 15) is 18.0 Å². The molecule has 0 heterocycles. The van der Waals surface area contributed by atoms with E-state index in [2.05, 4.69) is 5.32 Å². The van der Waals surface area contributed by atoms with E-state index in [1.807, 2.05) is 6.07 Å². The van der Waals surface area contributed by atoms with E-state index in [4.69, 9.17) is 11.6 Å². The van der Waals surface area contributed by atoms with E-state index in [-0.39, 0.29) is 18.9 Å². The second kappa shape index (κ2) is 6.83. The highest BCUT2D eigenvalue weighted by Gasteiger charge is 2.29. The fourth-order valence-electron chi connectivity index (χ4n) is 1.90. The highest BCUT2D eigenvalue weighted by atomic mass is 35.5. The highest BCUT2D eigenvalue weighted by molar-refractivity contribution is 6.31. The Labute approximate surface area is 130 Å². The van der Waals surface area contributed by atoms with E-state index < -0.39 is 11.7 Å². The average molecular weight is 328 g/mol. The predicted octanol–water partition coefficient (Wildman–Crippen LogP) is 4.22. The maximum Gasteiger partial charge on any atom is 0.416 e. The minimum absolute atomic E-state index is 0.0165. The van der Waals surface area contributed by atoms with Gasteiger partial charge in [-0.05, 0) is 29.3 Å².